The van der Waals surface area contributed by atoms with Crippen LogP contribution in [0.1, 0.15) is 34.6 Å². The monoisotopic (exact) mass is 356 g/mol. The van der Waals surface area contributed by atoms with Gasteiger partial charge in [-0.1, -0.05) is 73.3 Å². The highest BCUT2D eigenvalue weighted by Gasteiger charge is 2.34. The van der Waals surface area contributed by atoms with Gasteiger partial charge in [0.05, 0.1) is 0 Å². The summed E-state index contributed by atoms with van der Waals surface area (Å²) in [7, 11) is 0. The zero-order chi connectivity index (χ0) is 18.7. The third kappa shape index (κ3) is 2.18. The zero-order valence-corrected chi connectivity index (χ0v) is 15.7. The molecule has 2 aliphatic carbocycles. The predicted octanol–water partition coefficient (Wildman–Crippen LogP) is 7.60. The molecule has 6 rings (SSSR count). The molecule has 0 aliphatic heterocycles. The lowest BCUT2D eigenvalue weighted by Crippen LogP contribution is -2.18. The van der Waals surface area contributed by atoms with E-state index in [1.165, 1.54) is 54.9 Å². The van der Waals surface area contributed by atoms with Gasteiger partial charge in [-0.15, -0.1) is 0 Å². The van der Waals surface area contributed by atoms with Crippen LogP contribution in [0.25, 0.3) is 38.8 Å². The highest BCUT2D eigenvalue weighted by atomic mass is 14.4. The molecule has 0 heterocycles. The molecular weight excluding hydrogens is 336 g/mol. The third-order valence-corrected chi connectivity index (χ3v) is 6.35. The van der Waals surface area contributed by atoms with Crippen LogP contribution in [0.4, 0.5) is 0 Å². The van der Waals surface area contributed by atoms with Crippen molar-refractivity contribution in [2.45, 2.75) is 12.3 Å². The topological polar surface area (TPSA) is 0 Å². The molecule has 132 valence electrons. The molecule has 0 N–H and O–H groups in total. The molecule has 0 spiro atoms. The SMILES string of the molecule is C=Cc1cc2ccccc2cc1C1=CC=C2c3cc4ccccc4cc3C2C1. The molecule has 0 radical (unpaired) electrons. The molecule has 0 bridgehead atoms. The summed E-state index contributed by atoms with van der Waals surface area (Å²) in [5, 5.41) is 5.24. The number of allylic oxidation sites excluding steroid dienone is 4. The normalized spacial score (nSPS) is 17.4. The number of fused-ring (bicyclic) bond motifs is 6. The Bertz CT molecular complexity index is 1350. The van der Waals surface area contributed by atoms with Crippen molar-refractivity contribution in [3.05, 3.63) is 114 Å². The molecule has 0 fully saturated rings. The number of hydrogen-bond acceptors (Lipinski definition) is 0. The van der Waals surface area contributed by atoms with Crippen LogP contribution in [0.5, 0.6) is 0 Å². The largest absolute Gasteiger partial charge is 0.0984 e. The average molecular weight is 356 g/mol. The van der Waals surface area contributed by atoms with Gasteiger partial charge in [0.15, 0.2) is 0 Å². The molecule has 1 unspecified atom stereocenters. The quantitative estimate of drug-likeness (QED) is 0.347. The molecule has 0 aromatic heterocycles. The van der Waals surface area contributed by atoms with E-state index in [9.17, 15) is 0 Å². The van der Waals surface area contributed by atoms with E-state index >= 15 is 0 Å². The van der Waals surface area contributed by atoms with Crippen molar-refractivity contribution in [3.8, 4) is 0 Å². The summed E-state index contributed by atoms with van der Waals surface area (Å²) in [6, 6.07) is 26.6. The Kier molecular flexibility index (Phi) is 3.25. The fourth-order valence-corrected chi connectivity index (χ4v) is 4.88. The smallest absolute Gasteiger partial charge is 0.0142 e. The van der Waals surface area contributed by atoms with Crippen LogP contribution < -0.4 is 0 Å². The van der Waals surface area contributed by atoms with Crippen molar-refractivity contribution in [3.63, 3.8) is 0 Å². The summed E-state index contributed by atoms with van der Waals surface area (Å²) < 4.78 is 0. The van der Waals surface area contributed by atoms with Crippen molar-refractivity contribution in [2.75, 3.05) is 0 Å². The van der Waals surface area contributed by atoms with E-state index in [4.69, 9.17) is 0 Å². The molecule has 4 aromatic rings. The standard InChI is InChI=1S/C28H20/c1-2-18-13-19-7-3-4-8-20(19)14-25(18)23-11-12-24-26-15-21-9-5-6-10-22(21)16-28(26)27(24)17-23/h2-16,27H,1,17H2. The van der Waals surface area contributed by atoms with Crippen molar-refractivity contribution < 1.29 is 0 Å². The number of benzene rings is 4. The van der Waals surface area contributed by atoms with Gasteiger partial charge in [0, 0.05) is 5.92 Å². The third-order valence-electron chi connectivity index (χ3n) is 6.35. The highest BCUT2D eigenvalue weighted by molar-refractivity contribution is 5.98. The Morgan fingerprint density at radius 1 is 0.714 bits per heavy atom. The maximum atomic E-state index is 4.07. The second-order valence-corrected chi connectivity index (χ2v) is 7.85. The Labute approximate surface area is 165 Å². The van der Waals surface area contributed by atoms with E-state index < -0.39 is 0 Å². The van der Waals surface area contributed by atoms with Gasteiger partial charge in [-0.3, -0.25) is 0 Å². The van der Waals surface area contributed by atoms with Crippen molar-refractivity contribution >= 4 is 38.8 Å². The van der Waals surface area contributed by atoms with E-state index in [2.05, 4.69) is 91.5 Å². The molecule has 28 heavy (non-hydrogen) atoms. The first kappa shape index (κ1) is 15.7. The molecule has 0 saturated carbocycles. The summed E-state index contributed by atoms with van der Waals surface area (Å²) in [6.07, 6.45) is 7.71. The Morgan fingerprint density at radius 2 is 1.32 bits per heavy atom. The molecule has 0 amide bonds. The Morgan fingerprint density at radius 3 is 2.00 bits per heavy atom. The van der Waals surface area contributed by atoms with Gasteiger partial charge < -0.3 is 0 Å². The summed E-state index contributed by atoms with van der Waals surface area (Å²) in [5.74, 6) is 0.517. The molecule has 0 nitrogen and oxygen atoms in total. The first-order valence-electron chi connectivity index (χ1n) is 9.91. The number of hydrogen-bond donors (Lipinski definition) is 0. The van der Waals surface area contributed by atoms with Crippen LogP contribution in [0.15, 0.2) is 91.5 Å². The molecule has 0 saturated heterocycles. The summed E-state index contributed by atoms with van der Waals surface area (Å²) in [5.41, 5.74) is 8.37. The summed E-state index contributed by atoms with van der Waals surface area (Å²) in [6.45, 7) is 4.07. The lowest BCUT2D eigenvalue weighted by atomic mass is 9.66. The molecule has 4 aromatic carbocycles. The van der Waals surface area contributed by atoms with Crippen LogP contribution in [-0.4, -0.2) is 0 Å². The van der Waals surface area contributed by atoms with Gasteiger partial charge >= 0.3 is 0 Å². The van der Waals surface area contributed by atoms with Gasteiger partial charge in [0.25, 0.3) is 0 Å². The maximum Gasteiger partial charge on any atom is 0.0142 e. The van der Waals surface area contributed by atoms with Crippen molar-refractivity contribution in [1.29, 1.82) is 0 Å². The minimum atomic E-state index is 0.517. The van der Waals surface area contributed by atoms with E-state index in [1.807, 2.05) is 6.08 Å². The highest BCUT2D eigenvalue weighted by Crippen LogP contribution is 2.53. The first-order valence-corrected chi connectivity index (χ1v) is 9.91. The van der Waals surface area contributed by atoms with Crippen LogP contribution in [0, 0.1) is 0 Å². The summed E-state index contributed by atoms with van der Waals surface area (Å²) in [4.78, 5) is 0. The first-order chi connectivity index (χ1) is 13.8. The molecular formula is C28H20. The fraction of sp³-hybridized carbons (Fsp3) is 0.0714. The molecule has 2 aliphatic rings. The summed E-state index contributed by atoms with van der Waals surface area (Å²) >= 11 is 0. The van der Waals surface area contributed by atoms with Crippen LogP contribution in [0.2, 0.25) is 0 Å². The average Bonchev–Trinajstić information content (AvgIpc) is 2.76. The minimum absolute atomic E-state index is 0.517. The van der Waals surface area contributed by atoms with Crippen LogP contribution in [-0.2, 0) is 0 Å². The minimum Gasteiger partial charge on any atom is -0.0984 e. The molecule has 1 atom stereocenters. The lowest BCUT2D eigenvalue weighted by molar-refractivity contribution is 0.835. The van der Waals surface area contributed by atoms with Gasteiger partial charge in [-0.05, 0) is 85.6 Å². The second-order valence-electron chi connectivity index (χ2n) is 7.85. The Hall–Kier alpha value is -3.38. The van der Waals surface area contributed by atoms with E-state index in [0.717, 1.165) is 6.42 Å². The van der Waals surface area contributed by atoms with Gasteiger partial charge in [0.2, 0.25) is 0 Å². The van der Waals surface area contributed by atoms with E-state index in [-0.39, 0.29) is 0 Å². The van der Waals surface area contributed by atoms with E-state index in [0.29, 0.717) is 5.92 Å². The second kappa shape index (κ2) is 5.81. The zero-order valence-electron chi connectivity index (χ0n) is 15.7. The van der Waals surface area contributed by atoms with Gasteiger partial charge in [-0.2, -0.15) is 0 Å². The van der Waals surface area contributed by atoms with Crippen LogP contribution in [0.3, 0.4) is 0 Å². The van der Waals surface area contributed by atoms with E-state index in [1.54, 1.807) is 0 Å². The predicted molar refractivity (Wildman–Crippen MR) is 121 cm³/mol. The lowest BCUT2D eigenvalue weighted by Gasteiger charge is -2.37. The Balaban J connectivity index is 1.47. The van der Waals surface area contributed by atoms with Crippen LogP contribution >= 0.6 is 0 Å². The maximum absolute atomic E-state index is 4.07. The van der Waals surface area contributed by atoms with Gasteiger partial charge in [-0.25, -0.2) is 0 Å². The van der Waals surface area contributed by atoms with Crippen molar-refractivity contribution in [2.24, 2.45) is 0 Å². The van der Waals surface area contributed by atoms with Gasteiger partial charge in [0.1, 0.15) is 0 Å². The number of rotatable bonds is 2. The molecule has 0 heteroatoms. The van der Waals surface area contributed by atoms with Crippen molar-refractivity contribution in [1.82, 2.24) is 0 Å². The fourth-order valence-electron chi connectivity index (χ4n) is 4.88.